The summed E-state index contributed by atoms with van der Waals surface area (Å²) in [7, 11) is 0. The van der Waals surface area contributed by atoms with Crippen LogP contribution in [0.2, 0.25) is 5.02 Å². The number of para-hydroxylation sites is 1. The van der Waals surface area contributed by atoms with Gasteiger partial charge in [0.25, 0.3) is 5.91 Å². The number of aromatic amines is 1. The van der Waals surface area contributed by atoms with Crippen LogP contribution in [0.1, 0.15) is 38.8 Å². The molecule has 0 saturated heterocycles. The summed E-state index contributed by atoms with van der Waals surface area (Å²) in [4.78, 5) is 32.1. The third kappa shape index (κ3) is 3.23. The van der Waals surface area contributed by atoms with Gasteiger partial charge in [0.05, 0.1) is 6.04 Å². The zero-order valence-corrected chi connectivity index (χ0v) is 18.6. The Hall–Kier alpha value is -3.57. The lowest BCUT2D eigenvalue weighted by Gasteiger charge is -2.37. The molecule has 1 aromatic heterocycles. The number of halogens is 1. The maximum Gasteiger partial charge on any atom is 0.255 e. The predicted molar refractivity (Wildman–Crippen MR) is 128 cm³/mol. The van der Waals surface area contributed by atoms with Gasteiger partial charge in [-0.25, -0.2) is 0 Å². The fraction of sp³-hybridized carbons (Fsp3) is 0.185. The molecule has 0 bridgehead atoms. The Morgan fingerprint density at radius 2 is 1.79 bits per heavy atom. The number of benzene rings is 3. The highest BCUT2D eigenvalue weighted by Crippen LogP contribution is 2.46. The van der Waals surface area contributed by atoms with E-state index in [9.17, 15) is 9.59 Å². The molecule has 4 aromatic rings. The van der Waals surface area contributed by atoms with Crippen molar-refractivity contribution in [1.82, 2.24) is 15.2 Å². The van der Waals surface area contributed by atoms with Crippen molar-refractivity contribution < 1.29 is 9.59 Å². The molecule has 5 nitrogen and oxygen atoms in total. The van der Waals surface area contributed by atoms with Crippen molar-refractivity contribution in [3.05, 3.63) is 106 Å². The Bertz CT molecular complexity index is 1390. The molecule has 33 heavy (non-hydrogen) atoms. The highest BCUT2D eigenvalue weighted by molar-refractivity contribution is 6.30. The van der Waals surface area contributed by atoms with Crippen molar-refractivity contribution >= 4 is 34.3 Å². The number of hydrogen-bond acceptors (Lipinski definition) is 2. The second kappa shape index (κ2) is 7.78. The number of rotatable bonds is 4. The van der Waals surface area contributed by atoms with Gasteiger partial charge in [-0.3, -0.25) is 9.59 Å². The summed E-state index contributed by atoms with van der Waals surface area (Å²) < 4.78 is 0. The van der Waals surface area contributed by atoms with Crippen LogP contribution in [-0.4, -0.2) is 34.3 Å². The summed E-state index contributed by atoms with van der Waals surface area (Å²) in [5.74, 6) is -0.205. The molecular formula is C27H22ClN3O2. The first kappa shape index (κ1) is 20.1. The zero-order chi connectivity index (χ0) is 22.5. The van der Waals surface area contributed by atoms with Crippen LogP contribution < -0.4 is 5.32 Å². The normalized spacial score (nSPS) is 18.7. The lowest BCUT2D eigenvalue weighted by Crippen LogP contribution is -2.52. The van der Waals surface area contributed by atoms with Crippen LogP contribution in [0.15, 0.2) is 72.8 Å². The summed E-state index contributed by atoms with van der Waals surface area (Å²) in [5, 5.41) is 4.88. The Labute approximate surface area is 196 Å². The molecule has 0 unspecified atom stereocenters. The highest BCUT2D eigenvalue weighted by Gasteiger charge is 2.48. The van der Waals surface area contributed by atoms with Gasteiger partial charge >= 0.3 is 0 Å². The lowest BCUT2D eigenvalue weighted by atomic mass is 9.90. The van der Waals surface area contributed by atoms with Gasteiger partial charge in [-0.05, 0) is 47.4 Å². The standard InChI is InChI=1S/C27H22ClN3O2/c28-17-11-9-16(10-12-17)13-14-29-26(32)23-15-21-18-5-3-4-8-22(18)30-24(21)25-19-6-1-2-7-20(19)27(33)31(23)25/h1-12,23,25,30H,13-15H2,(H,29,32)/t23-,25-/m0/s1. The zero-order valence-electron chi connectivity index (χ0n) is 17.8. The number of carbonyl (C=O) groups is 2. The van der Waals surface area contributed by atoms with E-state index in [2.05, 4.69) is 16.4 Å². The SMILES string of the molecule is O=C(NCCc1ccc(Cl)cc1)[C@@H]1Cc2c([nH]c3ccccc23)[C@@H]2c3ccccc3C(=O)N21. The summed E-state index contributed by atoms with van der Waals surface area (Å²) in [6.07, 6.45) is 1.19. The second-order valence-electron chi connectivity index (χ2n) is 8.65. The third-order valence-corrected chi connectivity index (χ3v) is 7.03. The van der Waals surface area contributed by atoms with Gasteiger partial charge in [0.1, 0.15) is 6.04 Å². The molecular weight excluding hydrogens is 434 g/mol. The molecule has 6 rings (SSSR count). The number of fused-ring (bicyclic) bond motifs is 7. The summed E-state index contributed by atoms with van der Waals surface area (Å²) >= 11 is 5.96. The van der Waals surface area contributed by atoms with Gasteiger partial charge in [-0.15, -0.1) is 0 Å². The van der Waals surface area contributed by atoms with Crippen LogP contribution in [-0.2, 0) is 17.6 Å². The quantitative estimate of drug-likeness (QED) is 0.470. The molecule has 0 aliphatic carbocycles. The van der Waals surface area contributed by atoms with Crippen molar-refractivity contribution in [2.24, 2.45) is 0 Å². The minimum Gasteiger partial charge on any atom is -0.356 e. The molecule has 6 heteroatoms. The van der Waals surface area contributed by atoms with Crippen molar-refractivity contribution in [1.29, 1.82) is 0 Å². The monoisotopic (exact) mass is 455 g/mol. The number of amides is 2. The van der Waals surface area contributed by atoms with Gasteiger partial charge in [0.2, 0.25) is 5.91 Å². The maximum absolute atomic E-state index is 13.4. The van der Waals surface area contributed by atoms with E-state index in [4.69, 9.17) is 11.6 Å². The van der Waals surface area contributed by atoms with Gasteiger partial charge in [-0.2, -0.15) is 0 Å². The molecule has 2 atom stereocenters. The summed E-state index contributed by atoms with van der Waals surface area (Å²) in [6, 6.07) is 22.6. The van der Waals surface area contributed by atoms with Crippen LogP contribution >= 0.6 is 11.6 Å². The minimum absolute atomic E-state index is 0.0854. The number of aromatic nitrogens is 1. The summed E-state index contributed by atoms with van der Waals surface area (Å²) in [5.41, 5.74) is 5.89. The molecule has 164 valence electrons. The average molecular weight is 456 g/mol. The van der Waals surface area contributed by atoms with Crippen LogP contribution in [0.25, 0.3) is 10.9 Å². The maximum atomic E-state index is 13.4. The van der Waals surface area contributed by atoms with E-state index >= 15 is 0 Å². The first-order chi connectivity index (χ1) is 16.1. The van der Waals surface area contributed by atoms with Gasteiger partial charge in [0, 0.05) is 40.1 Å². The van der Waals surface area contributed by atoms with Crippen LogP contribution in [0.3, 0.4) is 0 Å². The van der Waals surface area contributed by atoms with E-state index in [1.165, 1.54) is 0 Å². The Morgan fingerprint density at radius 1 is 1.03 bits per heavy atom. The summed E-state index contributed by atoms with van der Waals surface area (Å²) in [6.45, 7) is 0.497. The van der Waals surface area contributed by atoms with Crippen molar-refractivity contribution in [3.8, 4) is 0 Å². The van der Waals surface area contributed by atoms with E-state index in [0.717, 1.165) is 33.3 Å². The first-order valence-electron chi connectivity index (χ1n) is 11.1. The molecule has 3 heterocycles. The Morgan fingerprint density at radius 3 is 2.64 bits per heavy atom. The number of H-pyrrole nitrogens is 1. The Kier molecular flexibility index (Phi) is 4.73. The first-order valence-corrected chi connectivity index (χ1v) is 11.5. The lowest BCUT2D eigenvalue weighted by molar-refractivity contribution is -0.126. The predicted octanol–water partition coefficient (Wildman–Crippen LogP) is 4.65. The van der Waals surface area contributed by atoms with Crippen molar-refractivity contribution in [2.75, 3.05) is 6.54 Å². The fourth-order valence-electron chi connectivity index (χ4n) is 5.24. The second-order valence-corrected chi connectivity index (χ2v) is 9.09. The molecule has 2 amide bonds. The van der Waals surface area contributed by atoms with Crippen molar-refractivity contribution in [2.45, 2.75) is 24.9 Å². The number of nitrogens with zero attached hydrogens (tertiary/aromatic N) is 1. The third-order valence-electron chi connectivity index (χ3n) is 6.78. The molecule has 0 saturated carbocycles. The number of carbonyl (C=O) groups excluding carboxylic acids is 2. The largest absolute Gasteiger partial charge is 0.356 e. The van der Waals surface area contributed by atoms with E-state index in [-0.39, 0.29) is 17.9 Å². The van der Waals surface area contributed by atoms with Gasteiger partial charge in [0.15, 0.2) is 0 Å². The van der Waals surface area contributed by atoms with Gasteiger partial charge < -0.3 is 15.2 Å². The molecule has 2 aliphatic rings. The molecule has 0 fully saturated rings. The average Bonchev–Trinajstić information content (AvgIpc) is 3.36. The number of hydrogen-bond donors (Lipinski definition) is 2. The molecule has 2 aliphatic heterocycles. The molecule has 0 radical (unpaired) electrons. The van der Waals surface area contributed by atoms with Crippen LogP contribution in [0, 0.1) is 0 Å². The highest BCUT2D eigenvalue weighted by atomic mass is 35.5. The van der Waals surface area contributed by atoms with E-state index < -0.39 is 6.04 Å². The van der Waals surface area contributed by atoms with Crippen LogP contribution in [0.4, 0.5) is 0 Å². The Balaban J connectivity index is 1.34. The topological polar surface area (TPSA) is 65.2 Å². The number of nitrogens with one attached hydrogen (secondary N) is 2. The molecule has 0 spiro atoms. The van der Waals surface area contributed by atoms with Gasteiger partial charge in [-0.1, -0.05) is 60.1 Å². The fourth-order valence-corrected chi connectivity index (χ4v) is 5.36. The van der Waals surface area contributed by atoms with E-state index in [1.54, 1.807) is 4.90 Å². The molecule has 3 aromatic carbocycles. The van der Waals surface area contributed by atoms with E-state index in [1.807, 2.05) is 66.7 Å². The molecule has 2 N–H and O–H groups in total. The van der Waals surface area contributed by atoms with Crippen molar-refractivity contribution in [3.63, 3.8) is 0 Å². The van der Waals surface area contributed by atoms with Crippen LogP contribution in [0.5, 0.6) is 0 Å². The van der Waals surface area contributed by atoms with E-state index in [0.29, 0.717) is 30.0 Å². The smallest absolute Gasteiger partial charge is 0.255 e. The minimum atomic E-state index is -0.563.